The highest BCUT2D eigenvalue weighted by molar-refractivity contribution is 6.00. The molecular weight excluding hydrogens is 470 g/mol. The summed E-state index contributed by atoms with van der Waals surface area (Å²) in [7, 11) is 0. The van der Waals surface area contributed by atoms with Gasteiger partial charge in [-0.05, 0) is 31.5 Å². The smallest absolute Gasteiger partial charge is 0.337 e. The van der Waals surface area contributed by atoms with Gasteiger partial charge in [-0.2, -0.15) is 0 Å². The molecule has 0 saturated carbocycles. The minimum Gasteiger partial charge on any atom is -0.458 e. The quantitative estimate of drug-likeness (QED) is 0.340. The Hall–Kier alpha value is -4.65. The number of nitrogens with one attached hydrogen (secondary N) is 1. The Labute approximate surface area is 214 Å². The van der Waals surface area contributed by atoms with E-state index in [9.17, 15) is 14.4 Å². The van der Waals surface area contributed by atoms with E-state index in [1.807, 2.05) is 0 Å². The maximum Gasteiger partial charge on any atom is 0.337 e. The average molecular weight is 498 g/mol. The number of benzene rings is 2. The average Bonchev–Trinajstić information content (AvgIpc) is 2.90. The second kappa shape index (κ2) is 11.0. The van der Waals surface area contributed by atoms with Gasteiger partial charge in [-0.1, -0.05) is 61.7 Å². The first kappa shape index (κ1) is 25.4. The molecule has 7 nitrogen and oxygen atoms in total. The zero-order valence-electron chi connectivity index (χ0n) is 20.7. The first-order valence-electron chi connectivity index (χ1n) is 11.7. The maximum absolute atomic E-state index is 13.1. The fraction of sp³-hybridized carbons (Fsp3) is 0.167. The van der Waals surface area contributed by atoms with E-state index in [1.54, 1.807) is 62.4 Å². The van der Waals surface area contributed by atoms with Gasteiger partial charge in [-0.15, -0.1) is 0 Å². The molecule has 188 valence electrons. The molecule has 0 bridgehead atoms. The van der Waals surface area contributed by atoms with Gasteiger partial charge in [-0.25, -0.2) is 9.59 Å². The molecule has 0 radical (unpaired) electrons. The lowest BCUT2D eigenvalue weighted by atomic mass is 9.80. The Bertz CT molecular complexity index is 1460. The summed E-state index contributed by atoms with van der Waals surface area (Å²) in [4.78, 5) is 38.7. The van der Waals surface area contributed by atoms with Crippen LogP contribution in [-0.4, -0.2) is 25.2 Å². The molecule has 1 aromatic heterocycles. The van der Waals surface area contributed by atoms with Crippen molar-refractivity contribution in [1.82, 2.24) is 5.32 Å². The molecule has 37 heavy (non-hydrogen) atoms. The van der Waals surface area contributed by atoms with Crippen LogP contribution in [-0.2, 0) is 19.1 Å². The van der Waals surface area contributed by atoms with Gasteiger partial charge in [0.2, 0.25) is 0 Å². The molecule has 0 atom stereocenters. The Morgan fingerprint density at radius 2 is 1.49 bits per heavy atom. The molecule has 1 N–H and O–H groups in total. The summed E-state index contributed by atoms with van der Waals surface area (Å²) >= 11 is 0. The van der Waals surface area contributed by atoms with Gasteiger partial charge in [0.15, 0.2) is 5.43 Å². The lowest BCUT2D eigenvalue weighted by Crippen LogP contribution is -2.32. The van der Waals surface area contributed by atoms with Gasteiger partial charge in [-0.3, -0.25) is 4.79 Å². The summed E-state index contributed by atoms with van der Waals surface area (Å²) in [5, 5.41) is 3.61. The molecule has 1 aliphatic rings. The maximum atomic E-state index is 13.1. The number of carbonyl (C=O) groups is 2. The molecule has 3 aromatic rings. The number of allylic oxidation sites excluding steroid dienone is 2. The van der Waals surface area contributed by atoms with Gasteiger partial charge in [0.1, 0.15) is 24.6 Å². The second-order valence-corrected chi connectivity index (χ2v) is 8.50. The monoisotopic (exact) mass is 497 g/mol. The van der Waals surface area contributed by atoms with Crippen LogP contribution in [0.25, 0.3) is 22.3 Å². The number of rotatable bonds is 8. The van der Waals surface area contributed by atoms with Crippen LogP contribution in [0.5, 0.6) is 0 Å². The number of para-hydroxylation sites is 1. The van der Waals surface area contributed by atoms with E-state index in [1.165, 1.54) is 18.2 Å². The molecule has 4 rings (SSSR count). The van der Waals surface area contributed by atoms with Crippen molar-refractivity contribution >= 4 is 22.9 Å². The van der Waals surface area contributed by atoms with Crippen LogP contribution in [0.2, 0.25) is 0 Å². The first-order valence-corrected chi connectivity index (χ1v) is 11.7. The Morgan fingerprint density at radius 1 is 0.919 bits per heavy atom. The molecular formula is C30H27NO6. The second-order valence-electron chi connectivity index (χ2n) is 8.50. The summed E-state index contributed by atoms with van der Waals surface area (Å²) < 4.78 is 16.7. The molecule has 2 heterocycles. The Balaban J connectivity index is 1.79. The van der Waals surface area contributed by atoms with E-state index in [-0.39, 0.29) is 18.6 Å². The van der Waals surface area contributed by atoms with E-state index in [4.69, 9.17) is 13.9 Å². The standard InChI is InChI=1S/C30H27NO6/c1-5-15-35-29(33)26-18(3)31-19(4)27(30(34)36-16-6-2)28(26)21-13-11-20(12-14-21)25-17-23(32)22-9-7-8-10-24(22)37-25/h5-14,17,28,31H,1-2,15-16H2,3-4H3. The number of fused-ring (bicyclic) bond motifs is 1. The third-order valence-electron chi connectivity index (χ3n) is 6.03. The fourth-order valence-electron chi connectivity index (χ4n) is 4.38. The van der Waals surface area contributed by atoms with Crippen molar-refractivity contribution in [2.24, 2.45) is 0 Å². The number of carbonyl (C=O) groups excluding carboxylic acids is 2. The molecule has 0 unspecified atom stereocenters. The summed E-state index contributed by atoms with van der Waals surface area (Å²) in [6, 6.07) is 15.7. The minimum absolute atomic E-state index is 0.0290. The van der Waals surface area contributed by atoms with Crippen molar-refractivity contribution in [3.63, 3.8) is 0 Å². The summed E-state index contributed by atoms with van der Waals surface area (Å²) in [6.45, 7) is 10.8. The van der Waals surface area contributed by atoms with Crippen molar-refractivity contribution in [3.05, 3.63) is 118 Å². The number of hydrogen-bond donors (Lipinski definition) is 1. The topological polar surface area (TPSA) is 94.8 Å². The highest BCUT2D eigenvalue weighted by Crippen LogP contribution is 2.40. The van der Waals surface area contributed by atoms with Crippen LogP contribution in [0, 0.1) is 0 Å². The van der Waals surface area contributed by atoms with E-state index >= 15 is 0 Å². The molecule has 0 saturated heterocycles. The number of esters is 2. The van der Waals surface area contributed by atoms with Crippen molar-refractivity contribution in [2.75, 3.05) is 13.2 Å². The SMILES string of the molecule is C=CCOC(=O)C1=C(C)NC(C)=C(C(=O)OCC=C)C1c1ccc(-c2cc(=O)c3ccccc3o2)cc1. The molecule has 0 fully saturated rings. The molecule has 0 spiro atoms. The zero-order chi connectivity index (χ0) is 26.5. The van der Waals surface area contributed by atoms with E-state index in [2.05, 4.69) is 18.5 Å². The first-order chi connectivity index (χ1) is 17.8. The van der Waals surface area contributed by atoms with Crippen LogP contribution in [0.4, 0.5) is 0 Å². The van der Waals surface area contributed by atoms with E-state index in [0.717, 1.165) is 0 Å². The third-order valence-corrected chi connectivity index (χ3v) is 6.03. The molecule has 0 amide bonds. The van der Waals surface area contributed by atoms with Crippen molar-refractivity contribution in [3.8, 4) is 11.3 Å². The number of dihydropyridines is 1. The van der Waals surface area contributed by atoms with Gasteiger partial charge < -0.3 is 19.2 Å². The fourth-order valence-corrected chi connectivity index (χ4v) is 4.38. The van der Waals surface area contributed by atoms with Crippen molar-refractivity contribution < 1.29 is 23.5 Å². The van der Waals surface area contributed by atoms with E-state index in [0.29, 0.717) is 50.4 Å². The van der Waals surface area contributed by atoms with Crippen LogP contribution in [0.1, 0.15) is 25.3 Å². The molecule has 2 aromatic carbocycles. The third kappa shape index (κ3) is 5.16. The summed E-state index contributed by atoms with van der Waals surface area (Å²) in [6.07, 6.45) is 2.96. The van der Waals surface area contributed by atoms with Crippen LogP contribution in [0.3, 0.4) is 0 Å². The van der Waals surface area contributed by atoms with Crippen LogP contribution in [0.15, 0.2) is 112 Å². The van der Waals surface area contributed by atoms with Gasteiger partial charge in [0, 0.05) is 23.0 Å². The van der Waals surface area contributed by atoms with Gasteiger partial charge in [0.05, 0.1) is 22.5 Å². The van der Waals surface area contributed by atoms with Crippen LogP contribution >= 0.6 is 0 Å². The highest BCUT2D eigenvalue weighted by atomic mass is 16.5. The zero-order valence-corrected chi connectivity index (χ0v) is 20.7. The lowest BCUT2D eigenvalue weighted by molar-refractivity contribution is -0.138. The molecule has 0 aliphatic carbocycles. The van der Waals surface area contributed by atoms with Crippen molar-refractivity contribution in [2.45, 2.75) is 19.8 Å². The van der Waals surface area contributed by atoms with Gasteiger partial charge in [0.25, 0.3) is 0 Å². The summed E-state index contributed by atoms with van der Waals surface area (Å²) in [5.41, 5.74) is 3.42. The molecule has 7 heteroatoms. The minimum atomic E-state index is -0.742. The molecule has 1 aliphatic heterocycles. The normalized spacial score (nSPS) is 13.8. The van der Waals surface area contributed by atoms with Crippen molar-refractivity contribution in [1.29, 1.82) is 0 Å². The predicted molar refractivity (Wildman–Crippen MR) is 142 cm³/mol. The predicted octanol–water partition coefficient (Wildman–Crippen LogP) is 5.15. The number of hydrogen-bond acceptors (Lipinski definition) is 7. The summed E-state index contributed by atoms with van der Waals surface area (Å²) in [5.74, 6) is -1.47. The number of ether oxygens (including phenoxy) is 2. The van der Waals surface area contributed by atoms with E-state index < -0.39 is 17.9 Å². The Morgan fingerprint density at radius 3 is 2.05 bits per heavy atom. The highest BCUT2D eigenvalue weighted by Gasteiger charge is 2.38. The Kier molecular flexibility index (Phi) is 7.53. The van der Waals surface area contributed by atoms with Gasteiger partial charge >= 0.3 is 11.9 Å². The van der Waals surface area contributed by atoms with Crippen LogP contribution < -0.4 is 10.7 Å². The largest absolute Gasteiger partial charge is 0.458 e. The lowest BCUT2D eigenvalue weighted by Gasteiger charge is -2.30.